The fourth-order valence-electron chi connectivity index (χ4n) is 1.73. The van der Waals surface area contributed by atoms with Gasteiger partial charge in [-0.15, -0.1) is 0 Å². The van der Waals surface area contributed by atoms with Crippen molar-refractivity contribution in [1.82, 2.24) is 24.7 Å². The number of nitrogens with one attached hydrogen (secondary N) is 2. The van der Waals surface area contributed by atoms with Crippen LogP contribution in [0.4, 0.5) is 11.9 Å². The first kappa shape index (κ1) is 15.2. The van der Waals surface area contributed by atoms with E-state index in [0.29, 0.717) is 30.8 Å². The van der Waals surface area contributed by atoms with Gasteiger partial charge in [-0.05, 0) is 25.8 Å². The molecule has 3 N–H and O–H groups in total. The van der Waals surface area contributed by atoms with Gasteiger partial charge in [0.25, 0.3) is 5.95 Å². The molecule has 8 nitrogen and oxygen atoms in total. The molecule has 2 rings (SSSR count). The Hall–Kier alpha value is -2.22. The predicted molar refractivity (Wildman–Crippen MR) is 80.5 cm³/mol. The van der Waals surface area contributed by atoms with Crippen molar-refractivity contribution in [1.29, 1.82) is 0 Å². The number of anilines is 2. The number of aliphatic hydroxyl groups is 1. The van der Waals surface area contributed by atoms with Gasteiger partial charge < -0.3 is 15.7 Å². The van der Waals surface area contributed by atoms with Crippen LogP contribution >= 0.6 is 0 Å². The van der Waals surface area contributed by atoms with Gasteiger partial charge in [0.2, 0.25) is 11.9 Å². The van der Waals surface area contributed by atoms with E-state index in [2.05, 4.69) is 30.7 Å². The van der Waals surface area contributed by atoms with Crippen LogP contribution in [0.5, 0.6) is 0 Å². The maximum atomic E-state index is 9.56. The Labute approximate surface area is 123 Å². The molecule has 21 heavy (non-hydrogen) atoms. The highest BCUT2D eigenvalue weighted by Gasteiger charge is 2.08. The molecule has 0 saturated carbocycles. The molecule has 0 aromatic carbocycles. The first-order valence-corrected chi connectivity index (χ1v) is 7.14. The smallest absolute Gasteiger partial charge is 0.257 e. The Balaban J connectivity index is 2.12. The van der Waals surface area contributed by atoms with Crippen LogP contribution in [0.3, 0.4) is 0 Å². The standard InChI is InChI=1S/C13H21N7O/c1-3-10(21)6-8-15-12-17-11(14-4-2)18-13(19-12)20-9-5-7-16-20/h5,7,9-10,21H,3-4,6,8H2,1-2H3,(H2,14,15,17,18,19). The molecule has 8 heteroatoms. The molecule has 114 valence electrons. The second-order valence-electron chi connectivity index (χ2n) is 4.54. The lowest BCUT2D eigenvalue weighted by Crippen LogP contribution is -2.16. The molecule has 0 fully saturated rings. The van der Waals surface area contributed by atoms with Crippen molar-refractivity contribution in [2.45, 2.75) is 32.8 Å². The van der Waals surface area contributed by atoms with Crippen LogP contribution in [0.15, 0.2) is 18.5 Å². The minimum absolute atomic E-state index is 0.307. The van der Waals surface area contributed by atoms with E-state index in [-0.39, 0.29) is 6.10 Å². The highest BCUT2D eigenvalue weighted by Crippen LogP contribution is 2.09. The van der Waals surface area contributed by atoms with Crippen LogP contribution in [0.25, 0.3) is 5.95 Å². The van der Waals surface area contributed by atoms with Crippen molar-refractivity contribution in [2.24, 2.45) is 0 Å². The van der Waals surface area contributed by atoms with Gasteiger partial charge in [-0.2, -0.15) is 20.1 Å². The molecule has 0 aliphatic carbocycles. The van der Waals surface area contributed by atoms with E-state index in [9.17, 15) is 5.11 Å². The third-order valence-electron chi connectivity index (χ3n) is 2.90. The highest BCUT2D eigenvalue weighted by atomic mass is 16.3. The van der Waals surface area contributed by atoms with E-state index >= 15 is 0 Å². The monoisotopic (exact) mass is 291 g/mol. The number of nitrogens with zero attached hydrogens (tertiary/aromatic N) is 5. The average molecular weight is 291 g/mol. The summed E-state index contributed by atoms with van der Waals surface area (Å²) in [5.41, 5.74) is 0. The van der Waals surface area contributed by atoms with Gasteiger partial charge >= 0.3 is 0 Å². The molecule has 1 unspecified atom stereocenters. The van der Waals surface area contributed by atoms with Crippen LogP contribution < -0.4 is 10.6 Å². The lowest BCUT2D eigenvalue weighted by Gasteiger charge is -2.11. The van der Waals surface area contributed by atoms with E-state index in [0.717, 1.165) is 13.0 Å². The maximum Gasteiger partial charge on any atom is 0.257 e. The topological polar surface area (TPSA) is 101 Å². The summed E-state index contributed by atoms with van der Waals surface area (Å²) in [7, 11) is 0. The quantitative estimate of drug-likeness (QED) is 0.668. The highest BCUT2D eigenvalue weighted by molar-refractivity contribution is 5.37. The van der Waals surface area contributed by atoms with Gasteiger partial charge in [-0.3, -0.25) is 0 Å². The minimum atomic E-state index is -0.307. The van der Waals surface area contributed by atoms with Crippen LogP contribution in [0.2, 0.25) is 0 Å². The molecule has 2 heterocycles. The summed E-state index contributed by atoms with van der Waals surface area (Å²) in [6, 6.07) is 1.81. The second-order valence-corrected chi connectivity index (χ2v) is 4.54. The third kappa shape index (κ3) is 4.38. The van der Waals surface area contributed by atoms with Gasteiger partial charge in [0.05, 0.1) is 6.10 Å². The van der Waals surface area contributed by atoms with Crippen LogP contribution in [-0.2, 0) is 0 Å². The molecular weight excluding hydrogens is 270 g/mol. The minimum Gasteiger partial charge on any atom is -0.393 e. The SMILES string of the molecule is CCNc1nc(NCCC(O)CC)nc(-n2cccn2)n1. The van der Waals surface area contributed by atoms with Crippen molar-refractivity contribution in [2.75, 3.05) is 23.7 Å². The van der Waals surface area contributed by atoms with Crippen LogP contribution in [-0.4, -0.2) is 49.0 Å². The molecule has 2 aromatic rings. The van der Waals surface area contributed by atoms with Crippen molar-refractivity contribution in [3.8, 4) is 5.95 Å². The van der Waals surface area contributed by atoms with E-state index in [1.54, 1.807) is 23.1 Å². The van der Waals surface area contributed by atoms with Crippen molar-refractivity contribution in [3.05, 3.63) is 18.5 Å². The number of aliphatic hydroxyl groups excluding tert-OH is 1. The summed E-state index contributed by atoms with van der Waals surface area (Å²) in [6.07, 6.45) is 4.52. The number of hydrogen-bond donors (Lipinski definition) is 3. The summed E-state index contributed by atoms with van der Waals surface area (Å²) < 4.78 is 1.58. The Morgan fingerprint density at radius 3 is 2.57 bits per heavy atom. The summed E-state index contributed by atoms with van der Waals surface area (Å²) in [4.78, 5) is 12.9. The first-order valence-electron chi connectivity index (χ1n) is 7.14. The van der Waals surface area contributed by atoms with Gasteiger partial charge in [0, 0.05) is 25.5 Å². The molecule has 0 amide bonds. The third-order valence-corrected chi connectivity index (χ3v) is 2.90. The number of hydrogen-bond acceptors (Lipinski definition) is 7. The Morgan fingerprint density at radius 2 is 1.95 bits per heavy atom. The van der Waals surface area contributed by atoms with Gasteiger partial charge in [-0.25, -0.2) is 4.68 Å². The zero-order valence-corrected chi connectivity index (χ0v) is 12.3. The van der Waals surface area contributed by atoms with Gasteiger partial charge in [-0.1, -0.05) is 6.92 Å². The second kappa shape index (κ2) is 7.53. The molecule has 2 aromatic heterocycles. The molecule has 1 atom stereocenters. The lowest BCUT2D eigenvalue weighted by atomic mass is 10.2. The molecule has 0 aliphatic heterocycles. The number of rotatable bonds is 8. The molecule has 0 aliphatic rings. The predicted octanol–water partition coefficient (Wildman–Crippen LogP) is 1.06. The van der Waals surface area contributed by atoms with Gasteiger partial charge in [0.15, 0.2) is 0 Å². The van der Waals surface area contributed by atoms with E-state index in [1.165, 1.54) is 0 Å². The number of aromatic nitrogens is 5. The fraction of sp³-hybridized carbons (Fsp3) is 0.538. The Kier molecular flexibility index (Phi) is 5.44. The molecule has 0 saturated heterocycles. The molecule has 0 bridgehead atoms. The summed E-state index contributed by atoms with van der Waals surface area (Å²) >= 11 is 0. The van der Waals surface area contributed by atoms with Gasteiger partial charge in [0.1, 0.15) is 0 Å². The van der Waals surface area contributed by atoms with Crippen molar-refractivity contribution < 1.29 is 5.11 Å². The Bertz CT molecular complexity index is 543. The fourth-order valence-corrected chi connectivity index (χ4v) is 1.73. The zero-order chi connectivity index (χ0) is 15.1. The Morgan fingerprint density at radius 1 is 1.19 bits per heavy atom. The van der Waals surface area contributed by atoms with Crippen molar-refractivity contribution >= 4 is 11.9 Å². The summed E-state index contributed by atoms with van der Waals surface area (Å²) in [6.45, 7) is 5.24. The lowest BCUT2D eigenvalue weighted by molar-refractivity contribution is 0.164. The first-order chi connectivity index (χ1) is 10.2. The summed E-state index contributed by atoms with van der Waals surface area (Å²) in [5.74, 6) is 1.41. The zero-order valence-electron chi connectivity index (χ0n) is 12.3. The van der Waals surface area contributed by atoms with Crippen LogP contribution in [0.1, 0.15) is 26.7 Å². The normalized spacial score (nSPS) is 12.1. The van der Waals surface area contributed by atoms with E-state index < -0.39 is 0 Å². The summed E-state index contributed by atoms with van der Waals surface area (Å²) in [5, 5.41) is 19.9. The van der Waals surface area contributed by atoms with E-state index in [1.807, 2.05) is 13.8 Å². The largest absolute Gasteiger partial charge is 0.393 e. The molecule has 0 radical (unpaired) electrons. The molecule has 0 spiro atoms. The van der Waals surface area contributed by atoms with Crippen molar-refractivity contribution in [3.63, 3.8) is 0 Å². The van der Waals surface area contributed by atoms with Crippen LogP contribution in [0, 0.1) is 0 Å². The molecular formula is C13H21N7O. The average Bonchev–Trinajstić information content (AvgIpc) is 3.01. The maximum absolute atomic E-state index is 9.56. The van der Waals surface area contributed by atoms with E-state index in [4.69, 9.17) is 0 Å².